The Balaban J connectivity index is 1.61. The Bertz CT molecular complexity index is 920. The molecule has 0 aliphatic carbocycles. The second kappa shape index (κ2) is 5.87. The average molecular weight is 369 g/mol. The van der Waals surface area contributed by atoms with E-state index in [4.69, 9.17) is 4.74 Å². The highest BCUT2D eigenvalue weighted by Crippen LogP contribution is 2.34. The van der Waals surface area contributed by atoms with Gasteiger partial charge in [-0.25, -0.2) is 4.98 Å². The van der Waals surface area contributed by atoms with Gasteiger partial charge in [-0.3, -0.25) is 0 Å². The molecule has 0 N–H and O–H groups in total. The third-order valence-electron chi connectivity index (χ3n) is 3.94. The lowest BCUT2D eigenvalue weighted by atomic mass is 10.3. The first-order chi connectivity index (χ1) is 12.0. The molecule has 0 fully saturated rings. The van der Waals surface area contributed by atoms with Crippen LogP contribution in [0.15, 0.2) is 18.2 Å². The lowest BCUT2D eigenvalue weighted by Gasteiger charge is -2.27. The van der Waals surface area contributed by atoms with Crippen LogP contribution in [0.4, 0.5) is 18.3 Å². The normalized spacial score (nSPS) is 14.8. The zero-order chi connectivity index (χ0) is 17.6. The van der Waals surface area contributed by atoms with E-state index in [9.17, 15) is 13.2 Å². The predicted molar refractivity (Wildman–Crippen MR) is 86.9 cm³/mol. The topological polar surface area (TPSA) is 56.1 Å². The van der Waals surface area contributed by atoms with Gasteiger partial charge in [-0.15, -0.1) is 10.2 Å². The summed E-state index contributed by atoms with van der Waals surface area (Å²) in [6.07, 6.45) is -4.49. The highest BCUT2D eigenvalue weighted by Gasteiger charge is 2.39. The molecule has 0 spiro atoms. The molecule has 0 saturated carbocycles. The molecular weight excluding hydrogens is 355 g/mol. The first-order valence-corrected chi connectivity index (χ1v) is 8.55. The molecule has 132 valence electrons. The summed E-state index contributed by atoms with van der Waals surface area (Å²) < 4.78 is 46.3. The van der Waals surface area contributed by atoms with Crippen LogP contribution >= 0.6 is 11.3 Å². The number of ether oxygens (including phenoxy) is 1. The number of benzene rings is 1. The maximum absolute atomic E-state index is 12.9. The monoisotopic (exact) mass is 369 g/mol. The average Bonchev–Trinajstić information content (AvgIpc) is 3.17. The second-order valence-electron chi connectivity index (χ2n) is 5.57. The Morgan fingerprint density at radius 3 is 2.84 bits per heavy atom. The Morgan fingerprint density at radius 1 is 1.24 bits per heavy atom. The molecule has 4 rings (SSSR count). The van der Waals surface area contributed by atoms with Gasteiger partial charge >= 0.3 is 6.18 Å². The van der Waals surface area contributed by atoms with Crippen molar-refractivity contribution in [2.45, 2.75) is 26.2 Å². The maximum atomic E-state index is 12.9. The van der Waals surface area contributed by atoms with Crippen molar-refractivity contribution < 1.29 is 17.9 Å². The number of hydrogen-bond acceptors (Lipinski definition) is 6. The van der Waals surface area contributed by atoms with E-state index in [1.807, 2.05) is 30.0 Å². The number of thiazole rings is 1. The van der Waals surface area contributed by atoms with Crippen LogP contribution in [0.2, 0.25) is 0 Å². The van der Waals surface area contributed by atoms with Crippen LogP contribution in [0, 0.1) is 0 Å². The van der Waals surface area contributed by atoms with E-state index in [0.29, 0.717) is 19.0 Å². The van der Waals surface area contributed by atoms with Gasteiger partial charge in [0.15, 0.2) is 11.0 Å². The summed E-state index contributed by atoms with van der Waals surface area (Å²) in [5.41, 5.74) is 0.839. The van der Waals surface area contributed by atoms with E-state index in [0.717, 1.165) is 25.7 Å². The van der Waals surface area contributed by atoms with Gasteiger partial charge in [0.05, 0.1) is 23.4 Å². The molecule has 1 aromatic carbocycles. The molecule has 3 aromatic rings. The van der Waals surface area contributed by atoms with Crippen LogP contribution in [0.1, 0.15) is 18.6 Å². The van der Waals surface area contributed by atoms with Gasteiger partial charge < -0.3 is 14.2 Å². The fourth-order valence-electron chi connectivity index (χ4n) is 2.82. The van der Waals surface area contributed by atoms with E-state index < -0.39 is 12.0 Å². The van der Waals surface area contributed by atoms with E-state index in [2.05, 4.69) is 15.2 Å². The number of rotatable bonds is 3. The zero-order valence-corrected chi connectivity index (χ0v) is 14.1. The van der Waals surface area contributed by atoms with Crippen molar-refractivity contribution in [3.05, 3.63) is 29.8 Å². The van der Waals surface area contributed by atoms with Gasteiger partial charge in [0, 0.05) is 13.1 Å². The number of aromatic nitrogens is 4. The molecule has 0 amide bonds. The molecule has 25 heavy (non-hydrogen) atoms. The molecule has 0 radical (unpaired) electrons. The van der Waals surface area contributed by atoms with Gasteiger partial charge in [-0.2, -0.15) is 13.2 Å². The minimum absolute atomic E-state index is 0.178. The first-order valence-electron chi connectivity index (χ1n) is 7.73. The van der Waals surface area contributed by atoms with Crippen LogP contribution in [0.25, 0.3) is 10.2 Å². The van der Waals surface area contributed by atoms with E-state index >= 15 is 0 Å². The lowest BCUT2D eigenvalue weighted by molar-refractivity contribution is -0.147. The summed E-state index contributed by atoms with van der Waals surface area (Å²) in [5.74, 6) is 0.138. The highest BCUT2D eigenvalue weighted by atomic mass is 32.1. The number of nitrogens with zero attached hydrogens (tertiary/aromatic N) is 5. The summed E-state index contributed by atoms with van der Waals surface area (Å²) in [6, 6.07) is 5.67. The van der Waals surface area contributed by atoms with Gasteiger partial charge in [-0.1, -0.05) is 11.3 Å². The fraction of sp³-hybridized carbons (Fsp3) is 0.400. The summed E-state index contributed by atoms with van der Waals surface area (Å²) in [5, 5.41) is 7.76. The molecule has 0 bridgehead atoms. The quantitative estimate of drug-likeness (QED) is 0.709. The summed E-state index contributed by atoms with van der Waals surface area (Å²) in [4.78, 5) is 6.50. The molecule has 6 nitrogen and oxygen atoms in total. The lowest BCUT2D eigenvalue weighted by Crippen LogP contribution is -2.35. The molecule has 10 heteroatoms. The third-order valence-corrected chi connectivity index (χ3v) is 5.02. The standard InChI is InChI=1S/C15H14F3N5OS/c1-2-24-9-3-4-10-11(7-9)25-14(19-10)22-5-6-23-12(8-22)20-21-13(23)15(16,17)18/h3-4,7H,2,5-6,8H2,1H3. The number of anilines is 1. The predicted octanol–water partition coefficient (Wildman–Crippen LogP) is 3.33. The fourth-order valence-corrected chi connectivity index (χ4v) is 3.83. The van der Waals surface area contributed by atoms with E-state index in [1.165, 1.54) is 11.3 Å². The SMILES string of the molecule is CCOc1ccc2nc(N3CCn4c(nnc4C(F)(F)F)C3)sc2c1. The molecule has 1 aliphatic rings. The minimum atomic E-state index is -4.49. The number of hydrogen-bond donors (Lipinski definition) is 0. The van der Waals surface area contributed by atoms with E-state index in [1.54, 1.807) is 0 Å². The Morgan fingerprint density at radius 2 is 2.08 bits per heavy atom. The minimum Gasteiger partial charge on any atom is -0.494 e. The van der Waals surface area contributed by atoms with Crippen LogP contribution in [0.5, 0.6) is 5.75 Å². The van der Waals surface area contributed by atoms with Crippen molar-refractivity contribution in [2.24, 2.45) is 0 Å². The largest absolute Gasteiger partial charge is 0.494 e. The smallest absolute Gasteiger partial charge is 0.451 e. The van der Waals surface area contributed by atoms with Gasteiger partial charge in [0.1, 0.15) is 5.75 Å². The number of alkyl halides is 3. The zero-order valence-electron chi connectivity index (χ0n) is 13.2. The van der Waals surface area contributed by atoms with Gasteiger partial charge in [0.2, 0.25) is 5.82 Å². The Kier molecular flexibility index (Phi) is 3.78. The van der Waals surface area contributed by atoms with Crippen molar-refractivity contribution >= 4 is 26.7 Å². The van der Waals surface area contributed by atoms with Crippen LogP contribution in [-0.2, 0) is 19.3 Å². The second-order valence-corrected chi connectivity index (χ2v) is 6.58. The molecule has 2 aromatic heterocycles. The first kappa shape index (κ1) is 16.1. The van der Waals surface area contributed by atoms with Crippen LogP contribution < -0.4 is 9.64 Å². The third kappa shape index (κ3) is 2.90. The van der Waals surface area contributed by atoms with Gasteiger partial charge in [0.25, 0.3) is 0 Å². The molecule has 0 unspecified atom stereocenters. The Hall–Kier alpha value is -2.36. The summed E-state index contributed by atoms with van der Waals surface area (Å²) >= 11 is 1.49. The Labute approximate surface area is 144 Å². The van der Waals surface area contributed by atoms with Crippen molar-refractivity contribution in [1.29, 1.82) is 0 Å². The number of fused-ring (bicyclic) bond motifs is 2. The van der Waals surface area contributed by atoms with Crippen molar-refractivity contribution in [3.8, 4) is 5.75 Å². The molecule has 3 heterocycles. The number of halogens is 3. The molecular formula is C15H14F3N5OS. The molecule has 0 atom stereocenters. The van der Waals surface area contributed by atoms with Crippen molar-refractivity contribution in [1.82, 2.24) is 19.7 Å². The van der Waals surface area contributed by atoms with Crippen molar-refractivity contribution in [2.75, 3.05) is 18.1 Å². The van der Waals surface area contributed by atoms with Gasteiger partial charge in [-0.05, 0) is 25.1 Å². The molecule has 0 saturated heterocycles. The van der Waals surface area contributed by atoms with Crippen molar-refractivity contribution in [3.63, 3.8) is 0 Å². The summed E-state index contributed by atoms with van der Waals surface area (Å²) in [6.45, 7) is 3.35. The van der Waals surface area contributed by atoms with E-state index in [-0.39, 0.29) is 13.1 Å². The van der Waals surface area contributed by atoms with Crippen LogP contribution in [-0.4, -0.2) is 32.9 Å². The maximum Gasteiger partial charge on any atom is 0.451 e. The van der Waals surface area contributed by atoms with Crippen LogP contribution in [0.3, 0.4) is 0 Å². The summed E-state index contributed by atoms with van der Waals surface area (Å²) in [7, 11) is 0. The molecule has 1 aliphatic heterocycles. The highest BCUT2D eigenvalue weighted by molar-refractivity contribution is 7.22.